The van der Waals surface area contributed by atoms with Crippen molar-refractivity contribution >= 4 is 57.0 Å². The van der Waals surface area contributed by atoms with Gasteiger partial charge in [-0.05, 0) is 150 Å². The van der Waals surface area contributed by atoms with Crippen LogP contribution in [0.1, 0.15) is 113 Å². The van der Waals surface area contributed by atoms with Crippen molar-refractivity contribution in [2.24, 2.45) is 0 Å². The van der Waals surface area contributed by atoms with E-state index in [2.05, 4.69) is 271 Å². The molecule has 15 rings (SSSR count). The molecule has 0 unspecified atom stereocenters. The lowest BCUT2D eigenvalue weighted by molar-refractivity contribution is 0.660. The summed E-state index contributed by atoms with van der Waals surface area (Å²) in [6.45, 7) is 19.2. The Morgan fingerprint density at radius 3 is 0.921 bits per heavy atom. The summed E-state index contributed by atoms with van der Waals surface area (Å²) in [7, 11) is 0. The number of hydrogen-bond acceptors (Lipinski definition) is 2. The van der Waals surface area contributed by atoms with Crippen LogP contribution < -0.4 is 20.2 Å². The van der Waals surface area contributed by atoms with E-state index in [0.717, 1.165) is 18.5 Å². The van der Waals surface area contributed by atoms with E-state index >= 15 is 0 Å². The number of hydrogen-bond donors (Lipinski definition) is 0. The van der Waals surface area contributed by atoms with Crippen molar-refractivity contribution in [3.8, 4) is 44.5 Å². The van der Waals surface area contributed by atoms with Gasteiger partial charge in [0.1, 0.15) is 0 Å². The Bertz CT molecular complexity index is 4200. The summed E-state index contributed by atoms with van der Waals surface area (Å²) in [4.78, 5) is 5.26. The first-order valence-corrected chi connectivity index (χ1v) is 27.6. The Kier molecular flexibility index (Phi) is 9.33. The van der Waals surface area contributed by atoms with Gasteiger partial charge in [-0.3, -0.25) is 0 Å². The summed E-state index contributed by atoms with van der Waals surface area (Å²) in [5, 5.41) is 5.00. The quantitative estimate of drug-likeness (QED) is 0.153. The third kappa shape index (κ3) is 6.04. The minimum absolute atomic E-state index is 0.108. The molecule has 0 saturated heterocycles. The maximum atomic E-state index is 2.63. The van der Waals surface area contributed by atoms with Crippen molar-refractivity contribution in [2.45, 2.75) is 89.9 Å². The molecule has 368 valence electrons. The number of rotatable bonds is 6. The molecule has 0 fully saturated rings. The summed E-state index contributed by atoms with van der Waals surface area (Å²) < 4.78 is 0. The molecule has 5 aliphatic rings. The first kappa shape index (κ1) is 45.2. The standard InChI is InChI=1S/C74H62N2/c1-71(2)64-32-20-16-24-52(64)60-41-45(36-40-65(60)71)75(46-33-37-53-49-21-13-17-29-61(49)72(3,4)66(53)42-46)69-56-25-9-11-27-58(56)70(59-28-12-10-26-57(59)69)76(47-34-38-54-50-22-14-18-30-62(50)73(5,6)67(54)43-47)48-35-39-55-51-23-15-19-31-63(51)74(7,8)68(55)44-48/h9,11,13-44H,10,12H2,1-8H3. The minimum Gasteiger partial charge on any atom is -0.309 e. The number of anilines is 6. The van der Waals surface area contributed by atoms with E-state index in [0.29, 0.717) is 0 Å². The van der Waals surface area contributed by atoms with E-state index in [1.807, 2.05) is 0 Å². The largest absolute Gasteiger partial charge is 0.309 e. The van der Waals surface area contributed by atoms with Gasteiger partial charge in [0.15, 0.2) is 0 Å². The monoisotopic (exact) mass is 978 g/mol. The molecule has 0 aromatic heterocycles. The second-order valence-electron chi connectivity index (χ2n) is 24.3. The average Bonchev–Trinajstić information content (AvgIpc) is 4.09. The Hall–Kier alpha value is -8.20. The molecule has 0 aliphatic heterocycles. The van der Waals surface area contributed by atoms with Crippen LogP contribution in [0.25, 0.3) is 67.4 Å². The predicted octanol–water partition coefficient (Wildman–Crippen LogP) is 18.4. The lowest BCUT2D eigenvalue weighted by Crippen LogP contribution is -2.37. The summed E-state index contributed by atoms with van der Waals surface area (Å²) >= 11 is 0. The van der Waals surface area contributed by atoms with Crippen molar-refractivity contribution in [1.82, 2.24) is 0 Å². The van der Waals surface area contributed by atoms with Gasteiger partial charge >= 0.3 is 0 Å². The molecule has 5 aliphatic carbocycles. The Balaban J connectivity index is 1.02. The van der Waals surface area contributed by atoms with Gasteiger partial charge in [0.2, 0.25) is 0 Å². The molecule has 2 heteroatoms. The summed E-state index contributed by atoms with van der Waals surface area (Å²) in [5.74, 6) is 0. The Labute approximate surface area is 448 Å². The normalized spacial score (nSPS) is 16.4. The third-order valence-electron chi connectivity index (χ3n) is 18.8. The highest BCUT2D eigenvalue weighted by Crippen LogP contribution is 2.56. The van der Waals surface area contributed by atoms with Gasteiger partial charge in [0.25, 0.3) is 0 Å². The number of benzene rings is 10. The van der Waals surface area contributed by atoms with Crippen LogP contribution in [0.2, 0.25) is 0 Å². The van der Waals surface area contributed by atoms with E-state index in [9.17, 15) is 0 Å². The lowest BCUT2D eigenvalue weighted by atomic mass is 9.82. The van der Waals surface area contributed by atoms with Crippen molar-refractivity contribution < 1.29 is 0 Å². The molecule has 0 amide bonds. The summed E-state index contributed by atoms with van der Waals surface area (Å²) in [5.41, 5.74) is 28.2. The smallest absolute Gasteiger partial charge is 0.0616 e. The molecule has 0 radical (unpaired) electrons. The fraction of sp³-hybridized carbons (Fsp3) is 0.189. The molecule has 76 heavy (non-hydrogen) atoms. The summed E-state index contributed by atoms with van der Waals surface area (Å²) in [6.07, 6.45) is 7.02. The van der Waals surface area contributed by atoms with Crippen LogP contribution in [0.3, 0.4) is 0 Å². The van der Waals surface area contributed by atoms with Crippen LogP contribution >= 0.6 is 0 Å². The fourth-order valence-electron chi connectivity index (χ4n) is 14.9. The van der Waals surface area contributed by atoms with E-state index in [-0.39, 0.29) is 21.7 Å². The van der Waals surface area contributed by atoms with E-state index in [1.165, 1.54) is 139 Å². The highest BCUT2D eigenvalue weighted by atomic mass is 15.2. The topological polar surface area (TPSA) is 6.48 Å². The second-order valence-corrected chi connectivity index (χ2v) is 24.3. The van der Waals surface area contributed by atoms with E-state index in [4.69, 9.17) is 0 Å². The SMILES string of the molecule is CC1(C)c2ccccc2-c2cc(N(c3ccc4c(c3)C(C)(C)c3ccccc3-4)c3c4c(c(N(c5ccc6c(c5)C(C)(C)c5ccccc5-6)c5ccc6c(c5)C(C)(C)c5ccccc5-6)c5ccccc35)=CCCC=4)ccc21. The number of nitrogens with zero attached hydrogens (tertiary/aromatic N) is 2. The molecule has 0 atom stereocenters. The zero-order valence-electron chi connectivity index (χ0n) is 44.9. The van der Waals surface area contributed by atoms with E-state index < -0.39 is 0 Å². The van der Waals surface area contributed by atoms with Crippen molar-refractivity contribution in [1.29, 1.82) is 0 Å². The highest BCUT2D eigenvalue weighted by molar-refractivity contribution is 6.09. The van der Waals surface area contributed by atoms with Crippen LogP contribution in [-0.4, -0.2) is 0 Å². The fourth-order valence-corrected chi connectivity index (χ4v) is 14.9. The molecule has 0 bridgehead atoms. The third-order valence-corrected chi connectivity index (χ3v) is 18.8. The molecular formula is C74H62N2. The summed E-state index contributed by atoms with van der Waals surface area (Å²) in [6, 6.07) is 74.7. The van der Waals surface area contributed by atoms with Gasteiger partial charge in [-0.1, -0.05) is 213 Å². The molecule has 0 spiro atoms. The molecule has 10 aromatic rings. The van der Waals surface area contributed by atoms with Crippen LogP contribution in [0.15, 0.2) is 194 Å². The van der Waals surface area contributed by atoms with Gasteiger partial charge in [-0.2, -0.15) is 0 Å². The maximum Gasteiger partial charge on any atom is 0.0616 e. The van der Waals surface area contributed by atoms with Crippen molar-refractivity contribution in [2.75, 3.05) is 9.80 Å². The highest BCUT2D eigenvalue weighted by Gasteiger charge is 2.41. The lowest BCUT2D eigenvalue weighted by Gasteiger charge is -2.34. The van der Waals surface area contributed by atoms with Crippen molar-refractivity contribution in [3.63, 3.8) is 0 Å². The molecule has 0 saturated carbocycles. The molecule has 0 heterocycles. The maximum absolute atomic E-state index is 2.63. The molecule has 0 N–H and O–H groups in total. The van der Waals surface area contributed by atoms with Crippen LogP contribution in [0, 0.1) is 0 Å². The van der Waals surface area contributed by atoms with Crippen LogP contribution in [0.4, 0.5) is 34.1 Å². The van der Waals surface area contributed by atoms with Crippen LogP contribution in [0.5, 0.6) is 0 Å². The van der Waals surface area contributed by atoms with Gasteiger partial charge in [0.05, 0.1) is 11.4 Å². The van der Waals surface area contributed by atoms with Gasteiger partial charge in [-0.15, -0.1) is 0 Å². The van der Waals surface area contributed by atoms with Crippen LogP contribution in [-0.2, 0) is 21.7 Å². The van der Waals surface area contributed by atoms with Gasteiger partial charge in [-0.25, -0.2) is 0 Å². The van der Waals surface area contributed by atoms with Gasteiger partial charge in [0, 0.05) is 65.6 Å². The predicted molar refractivity (Wildman–Crippen MR) is 321 cm³/mol. The second kappa shape index (κ2) is 15.7. The molecular weight excluding hydrogens is 917 g/mol. The zero-order valence-corrected chi connectivity index (χ0v) is 44.9. The Morgan fingerprint density at radius 1 is 0.263 bits per heavy atom. The molecule has 10 aromatic carbocycles. The molecule has 2 nitrogen and oxygen atoms in total. The van der Waals surface area contributed by atoms with Gasteiger partial charge < -0.3 is 9.80 Å². The first-order valence-electron chi connectivity index (χ1n) is 27.6. The van der Waals surface area contributed by atoms with Crippen molar-refractivity contribution in [3.05, 3.63) is 249 Å². The zero-order chi connectivity index (χ0) is 51.6. The number of fused-ring (bicyclic) bond motifs is 14. The van der Waals surface area contributed by atoms with E-state index in [1.54, 1.807) is 0 Å². The average molecular weight is 979 g/mol. The first-order chi connectivity index (χ1) is 36.7. The Morgan fingerprint density at radius 2 is 0.539 bits per heavy atom. The minimum atomic E-state index is -0.169.